The first kappa shape index (κ1) is 15.4. The van der Waals surface area contributed by atoms with E-state index in [2.05, 4.69) is 0 Å². The minimum Gasteiger partial charge on any atom is -0.497 e. The first-order valence-corrected chi connectivity index (χ1v) is 7.23. The summed E-state index contributed by atoms with van der Waals surface area (Å²) in [7, 11) is 1.58. The third kappa shape index (κ3) is 4.21. The van der Waals surface area contributed by atoms with Gasteiger partial charge in [-0.05, 0) is 30.5 Å². The van der Waals surface area contributed by atoms with E-state index in [1.54, 1.807) is 19.2 Å². The van der Waals surface area contributed by atoms with Crippen LogP contribution in [0.3, 0.4) is 0 Å². The first-order chi connectivity index (χ1) is 10.1. The Morgan fingerprint density at radius 3 is 2.33 bits per heavy atom. The number of carbonyl (C=O) groups excluding carboxylic acids is 1. The number of rotatable bonds is 6. The molecule has 1 amide bonds. The van der Waals surface area contributed by atoms with Crippen LogP contribution in [0.5, 0.6) is 5.75 Å². The highest BCUT2D eigenvalue weighted by Gasteiger charge is 2.24. The summed E-state index contributed by atoms with van der Waals surface area (Å²) in [6.45, 7) is 1.59. The van der Waals surface area contributed by atoms with Crippen LogP contribution in [0.25, 0.3) is 0 Å². The smallest absolute Gasteiger partial charge is 0.303 e. The largest absolute Gasteiger partial charge is 0.497 e. The van der Waals surface area contributed by atoms with Gasteiger partial charge in [-0.3, -0.25) is 9.59 Å². The molecule has 1 saturated heterocycles. The average Bonchev–Trinajstić information content (AvgIpc) is 3.00. The van der Waals surface area contributed by atoms with Crippen LogP contribution in [-0.4, -0.2) is 42.1 Å². The number of benzene rings is 1. The highest BCUT2D eigenvalue weighted by molar-refractivity contribution is 5.78. The fraction of sp³-hybridized carbons (Fsp3) is 0.500. The summed E-state index contributed by atoms with van der Waals surface area (Å²) in [5, 5.41) is 9.07. The summed E-state index contributed by atoms with van der Waals surface area (Å²) < 4.78 is 5.10. The summed E-state index contributed by atoms with van der Waals surface area (Å²) >= 11 is 0. The molecular formula is C16H21NO4. The normalized spacial score (nSPS) is 15.8. The van der Waals surface area contributed by atoms with Gasteiger partial charge in [0.2, 0.25) is 5.91 Å². The molecular weight excluding hydrogens is 270 g/mol. The number of methoxy groups -OCH3 is 1. The Kier molecular flexibility index (Phi) is 5.20. The number of likely N-dealkylation sites (tertiary alicyclic amines) is 1. The molecule has 114 valence electrons. The van der Waals surface area contributed by atoms with Gasteiger partial charge in [0, 0.05) is 25.4 Å². The number of hydrogen-bond donors (Lipinski definition) is 1. The Morgan fingerprint density at radius 1 is 1.19 bits per heavy atom. The Labute approximate surface area is 124 Å². The van der Waals surface area contributed by atoms with Crippen LogP contribution in [0.1, 0.15) is 37.2 Å². The number of carboxylic acids is 1. The second-order valence-electron chi connectivity index (χ2n) is 5.36. The van der Waals surface area contributed by atoms with Crippen molar-refractivity contribution in [3.63, 3.8) is 0 Å². The first-order valence-electron chi connectivity index (χ1n) is 7.23. The number of carbonyl (C=O) groups is 2. The van der Waals surface area contributed by atoms with Gasteiger partial charge in [-0.1, -0.05) is 12.1 Å². The van der Waals surface area contributed by atoms with Gasteiger partial charge in [0.1, 0.15) is 5.75 Å². The molecule has 0 radical (unpaired) electrons. The van der Waals surface area contributed by atoms with Crippen molar-refractivity contribution < 1.29 is 19.4 Å². The summed E-state index contributed by atoms with van der Waals surface area (Å²) in [4.78, 5) is 25.1. The quantitative estimate of drug-likeness (QED) is 0.873. The summed E-state index contributed by atoms with van der Waals surface area (Å²) in [5.41, 5.74) is 0.866. The van der Waals surface area contributed by atoms with Crippen molar-refractivity contribution in [1.29, 1.82) is 0 Å². The lowest BCUT2D eigenvalue weighted by Crippen LogP contribution is -2.29. The van der Waals surface area contributed by atoms with Crippen molar-refractivity contribution in [2.24, 2.45) is 0 Å². The fourth-order valence-electron chi connectivity index (χ4n) is 2.70. The van der Waals surface area contributed by atoms with Crippen LogP contribution < -0.4 is 4.74 Å². The van der Waals surface area contributed by atoms with Gasteiger partial charge in [-0.2, -0.15) is 0 Å². The molecule has 1 fully saturated rings. The van der Waals surface area contributed by atoms with Gasteiger partial charge in [0.15, 0.2) is 0 Å². The van der Waals surface area contributed by atoms with Crippen LogP contribution in [-0.2, 0) is 9.59 Å². The van der Waals surface area contributed by atoms with Gasteiger partial charge >= 0.3 is 5.97 Å². The fourth-order valence-corrected chi connectivity index (χ4v) is 2.70. The number of nitrogens with zero attached hydrogens (tertiary/aromatic N) is 1. The van der Waals surface area contributed by atoms with Gasteiger partial charge in [0.05, 0.1) is 13.5 Å². The van der Waals surface area contributed by atoms with Crippen molar-refractivity contribution in [2.45, 2.75) is 31.6 Å². The number of ether oxygens (including phenoxy) is 1. The molecule has 1 aromatic rings. The van der Waals surface area contributed by atoms with Crippen molar-refractivity contribution in [3.8, 4) is 5.75 Å². The minimum atomic E-state index is -0.884. The Morgan fingerprint density at radius 2 is 1.81 bits per heavy atom. The number of hydrogen-bond acceptors (Lipinski definition) is 3. The second-order valence-corrected chi connectivity index (χ2v) is 5.36. The van der Waals surface area contributed by atoms with E-state index in [0.29, 0.717) is 0 Å². The predicted octanol–water partition coefficient (Wildman–Crippen LogP) is 2.27. The van der Waals surface area contributed by atoms with Crippen LogP contribution in [0.4, 0.5) is 0 Å². The molecule has 1 heterocycles. The van der Waals surface area contributed by atoms with E-state index < -0.39 is 5.97 Å². The third-order valence-electron chi connectivity index (χ3n) is 3.89. The molecule has 5 heteroatoms. The lowest BCUT2D eigenvalue weighted by atomic mass is 9.92. The molecule has 1 atom stereocenters. The van der Waals surface area contributed by atoms with Crippen LogP contribution in [0, 0.1) is 0 Å². The van der Waals surface area contributed by atoms with Gasteiger partial charge < -0.3 is 14.7 Å². The summed E-state index contributed by atoms with van der Waals surface area (Å²) in [6, 6.07) is 7.27. The zero-order chi connectivity index (χ0) is 15.2. The van der Waals surface area contributed by atoms with Gasteiger partial charge in [-0.25, -0.2) is 0 Å². The number of aliphatic carboxylic acids is 1. The lowest BCUT2D eigenvalue weighted by Gasteiger charge is -2.20. The molecule has 1 N–H and O–H groups in total. The third-order valence-corrected chi connectivity index (χ3v) is 3.89. The van der Waals surface area contributed by atoms with E-state index in [1.807, 2.05) is 17.0 Å². The lowest BCUT2D eigenvalue weighted by molar-refractivity contribution is -0.137. The van der Waals surface area contributed by atoms with Crippen LogP contribution >= 0.6 is 0 Å². The van der Waals surface area contributed by atoms with Gasteiger partial charge in [-0.15, -0.1) is 0 Å². The topological polar surface area (TPSA) is 66.8 Å². The molecule has 5 nitrogen and oxygen atoms in total. The SMILES string of the molecule is COc1ccc([C@@H](CC(=O)O)CC(=O)N2CCCC2)cc1. The van der Waals surface area contributed by atoms with E-state index in [4.69, 9.17) is 9.84 Å². The maximum Gasteiger partial charge on any atom is 0.303 e. The standard InChI is InChI=1S/C16H21NO4/c1-21-14-6-4-12(5-7-14)13(11-16(19)20)10-15(18)17-8-2-3-9-17/h4-7,13H,2-3,8-11H2,1H3,(H,19,20)/t13-/m1/s1. The monoisotopic (exact) mass is 291 g/mol. The van der Waals surface area contributed by atoms with Gasteiger partial charge in [0.25, 0.3) is 0 Å². The molecule has 1 aliphatic heterocycles. The molecule has 0 unspecified atom stereocenters. The summed E-state index contributed by atoms with van der Waals surface area (Å²) in [6.07, 6.45) is 2.29. The number of carboxylic acid groups (broad SMARTS) is 1. The van der Waals surface area contributed by atoms with E-state index >= 15 is 0 Å². The van der Waals surface area contributed by atoms with Crippen molar-refractivity contribution in [3.05, 3.63) is 29.8 Å². The molecule has 0 aliphatic carbocycles. The Hall–Kier alpha value is -2.04. The minimum absolute atomic E-state index is 0.0358. The van der Waals surface area contributed by atoms with E-state index in [1.165, 1.54) is 0 Å². The van der Waals surface area contributed by atoms with Crippen molar-refractivity contribution >= 4 is 11.9 Å². The van der Waals surface area contributed by atoms with E-state index in [-0.39, 0.29) is 24.7 Å². The Balaban J connectivity index is 2.08. The molecule has 0 saturated carbocycles. The molecule has 0 spiro atoms. The molecule has 0 aromatic heterocycles. The average molecular weight is 291 g/mol. The zero-order valence-electron chi connectivity index (χ0n) is 12.2. The summed E-state index contributed by atoms with van der Waals surface area (Å²) in [5.74, 6) is -0.403. The van der Waals surface area contributed by atoms with Crippen LogP contribution in [0.2, 0.25) is 0 Å². The molecule has 1 aromatic carbocycles. The molecule has 1 aliphatic rings. The van der Waals surface area contributed by atoms with Crippen molar-refractivity contribution in [2.75, 3.05) is 20.2 Å². The van der Waals surface area contributed by atoms with Crippen molar-refractivity contribution in [1.82, 2.24) is 4.90 Å². The highest BCUT2D eigenvalue weighted by atomic mass is 16.5. The molecule has 0 bridgehead atoms. The molecule has 2 rings (SSSR count). The second kappa shape index (κ2) is 7.11. The Bertz CT molecular complexity index is 492. The van der Waals surface area contributed by atoms with E-state index in [0.717, 1.165) is 37.2 Å². The highest BCUT2D eigenvalue weighted by Crippen LogP contribution is 2.27. The number of amides is 1. The zero-order valence-corrected chi connectivity index (χ0v) is 12.2. The maximum absolute atomic E-state index is 12.2. The van der Waals surface area contributed by atoms with E-state index in [9.17, 15) is 9.59 Å². The van der Waals surface area contributed by atoms with Crippen LogP contribution in [0.15, 0.2) is 24.3 Å². The maximum atomic E-state index is 12.2. The molecule has 21 heavy (non-hydrogen) atoms. The predicted molar refractivity (Wildman–Crippen MR) is 78.4 cm³/mol.